The molecular weight excluding hydrogens is 446 g/mol. The Kier molecular flexibility index (Phi) is 6.20. The molecule has 2 fully saturated rings. The minimum Gasteiger partial charge on any atom is -0.362 e. The zero-order valence-corrected chi connectivity index (χ0v) is 19.2. The Hall–Kier alpha value is -2.72. The number of para-hydroxylation sites is 1. The second kappa shape index (κ2) is 9.26. The molecule has 174 valence electrons. The number of benzene rings is 1. The summed E-state index contributed by atoms with van der Waals surface area (Å²) in [4.78, 5) is 18.5. The molecule has 0 radical (unpaired) electrons. The standard InChI is InChI=1S/C23H26F2N6OS/c1-29-22(15-6-8-26-20(32)12-15)27-28-23(29)33-11-3-9-30-13-16-7-10-31(19(16)14-30)21-17(24)4-2-5-18(21)25/h2,4-6,8,12,16,19H,3,7,9-11,13-14H2,1H3,(H,26,32). The molecule has 5 rings (SSSR count). The third kappa shape index (κ3) is 4.41. The van der Waals surface area contributed by atoms with E-state index >= 15 is 0 Å². The van der Waals surface area contributed by atoms with Gasteiger partial charge in [-0.2, -0.15) is 0 Å². The van der Waals surface area contributed by atoms with Crippen molar-refractivity contribution < 1.29 is 8.78 Å². The maximum Gasteiger partial charge on any atom is 0.248 e. The average molecular weight is 473 g/mol. The van der Waals surface area contributed by atoms with E-state index in [0.29, 0.717) is 18.3 Å². The van der Waals surface area contributed by atoms with Gasteiger partial charge in [-0.1, -0.05) is 17.8 Å². The van der Waals surface area contributed by atoms with Crippen molar-refractivity contribution in [2.24, 2.45) is 13.0 Å². The predicted octanol–water partition coefficient (Wildman–Crippen LogP) is 3.14. The smallest absolute Gasteiger partial charge is 0.248 e. The highest BCUT2D eigenvalue weighted by molar-refractivity contribution is 7.99. The van der Waals surface area contributed by atoms with Gasteiger partial charge in [-0.3, -0.25) is 4.79 Å². The van der Waals surface area contributed by atoms with Crippen molar-refractivity contribution in [1.29, 1.82) is 0 Å². The van der Waals surface area contributed by atoms with Crippen molar-refractivity contribution in [2.45, 2.75) is 24.0 Å². The Morgan fingerprint density at radius 2 is 2.00 bits per heavy atom. The van der Waals surface area contributed by atoms with Crippen LogP contribution < -0.4 is 10.5 Å². The molecule has 33 heavy (non-hydrogen) atoms. The Bertz CT molecular complexity index is 1180. The van der Waals surface area contributed by atoms with Gasteiger partial charge in [0, 0.05) is 56.3 Å². The van der Waals surface area contributed by atoms with Crippen molar-refractivity contribution in [3.63, 3.8) is 0 Å². The number of aromatic nitrogens is 4. The Balaban J connectivity index is 1.14. The van der Waals surface area contributed by atoms with Gasteiger partial charge in [0.05, 0.1) is 0 Å². The number of halogens is 2. The molecule has 1 aromatic carbocycles. The molecule has 2 saturated heterocycles. The van der Waals surface area contributed by atoms with E-state index < -0.39 is 11.6 Å². The summed E-state index contributed by atoms with van der Waals surface area (Å²) in [5.41, 5.74) is 0.692. The number of H-pyrrole nitrogens is 1. The van der Waals surface area contributed by atoms with E-state index in [1.165, 1.54) is 24.3 Å². The van der Waals surface area contributed by atoms with Crippen molar-refractivity contribution >= 4 is 17.4 Å². The number of likely N-dealkylation sites (tertiary alicyclic amines) is 1. The topological polar surface area (TPSA) is 70.0 Å². The maximum absolute atomic E-state index is 14.3. The van der Waals surface area contributed by atoms with Gasteiger partial charge >= 0.3 is 0 Å². The highest BCUT2D eigenvalue weighted by Crippen LogP contribution is 2.37. The van der Waals surface area contributed by atoms with Crippen LogP contribution in [0.1, 0.15) is 12.8 Å². The zero-order valence-electron chi connectivity index (χ0n) is 18.4. The summed E-state index contributed by atoms with van der Waals surface area (Å²) in [6.07, 6.45) is 3.55. The first-order chi connectivity index (χ1) is 16.0. The maximum atomic E-state index is 14.3. The first-order valence-electron chi connectivity index (χ1n) is 11.2. The second-order valence-electron chi connectivity index (χ2n) is 8.65. The SMILES string of the molecule is Cn1c(SCCCN2CC3CCN(c4c(F)cccc4F)C3C2)nnc1-c1cc[nH]c(=O)c1. The van der Waals surface area contributed by atoms with Gasteiger partial charge in [0.15, 0.2) is 11.0 Å². The molecule has 4 heterocycles. The third-order valence-electron chi connectivity index (χ3n) is 6.57. The second-order valence-corrected chi connectivity index (χ2v) is 9.71. The van der Waals surface area contributed by atoms with Crippen molar-refractivity contribution in [3.8, 4) is 11.4 Å². The number of pyridine rings is 1. The molecule has 2 unspecified atom stereocenters. The Labute approximate surface area is 194 Å². The van der Waals surface area contributed by atoms with Crippen LogP contribution in [0.25, 0.3) is 11.4 Å². The Morgan fingerprint density at radius 1 is 1.18 bits per heavy atom. The molecule has 0 spiro atoms. The van der Waals surface area contributed by atoms with Crippen LogP contribution in [0.5, 0.6) is 0 Å². The summed E-state index contributed by atoms with van der Waals surface area (Å²) < 4.78 is 30.5. The van der Waals surface area contributed by atoms with E-state index in [1.807, 2.05) is 16.5 Å². The van der Waals surface area contributed by atoms with Crippen LogP contribution in [-0.2, 0) is 7.05 Å². The quantitative estimate of drug-likeness (QED) is 0.421. The van der Waals surface area contributed by atoms with Gasteiger partial charge in [-0.15, -0.1) is 10.2 Å². The van der Waals surface area contributed by atoms with Crippen LogP contribution in [0.3, 0.4) is 0 Å². The summed E-state index contributed by atoms with van der Waals surface area (Å²) in [6, 6.07) is 7.58. The van der Waals surface area contributed by atoms with E-state index in [9.17, 15) is 13.6 Å². The lowest BCUT2D eigenvalue weighted by Crippen LogP contribution is -2.36. The molecule has 0 saturated carbocycles. The highest BCUT2D eigenvalue weighted by atomic mass is 32.2. The van der Waals surface area contributed by atoms with E-state index in [2.05, 4.69) is 20.1 Å². The van der Waals surface area contributed by atoms with Crippen LogP contribution >= 0.6 is 11.8 Å². The van der Waals surface area contributed by atoms with Gasteiger partial charge in [0.2, 0.25) is 5.56 Å². The molecular formula is C23H26F2N6OS. The lowest BCUT2D eigenvalue weighted by molar-refractivity contribution is 0.318. The number of hydrogen-bond donors (Lipinski definition) is 1. The predicted molar refractivity (Wildman–Crippen MR) is 124 cm³/mol. The molecule has 0 aliphatic carbocycles. The Morgan fingerprint density at radius 3 is 2.79 bits per heavy atom. The molecule has 3 aromatic rings. The van der Waals surface area contributed by atoms with E-state index in [1.54, 1.807) is 24.0 Å². The van der Waals surface area contributed by atoms with E-state index in [0.717, 1.165) is 48.9 Å². The molecule has 2 aliphatic heterocycles. The molecule has 7 nitrogen and oxygen atoms in total. The summed E-state index contributed by atoms with van der Waals surface area (Å²) >= 11 is 1.64. The first-order valence-corrected chi connectivity index (χ1v) is 12.1. The molecule has 2 aliphatic rings. The van der Waals surface area contributed by atoms with Crippen LogP contribution in [0.15, 0.2) is 46.5 Å². The summed E-state index contributed by atoms with van der Waals surface area (Å²) in [6.45, 7) is 3.45. The van der Waals surface area contributed by atoms with Crippen LogP contribution in [0, 0.1) is 17.6 Å². The number of thioether (sulfide) groups is 1. The zero-order chi connectivity index (χ0) is 22.9. The van der Waals surface area contributed by atoms with Gasteiger partial charge in [-0.05, 0) is 43.5 Å². The van der Waals surface area contributed by atoms with Crippen molar-refractivity contribution in [3.05, 3.63) is 58.5 Å². The van der Waals surface area contributed by atoms with Crippen molar-refractivity contribution in [2.75, 3.05) is 36.8 Å². The van der Waals surface area contributed by atoms with Crippen molar-refractivity contribution in [1.82, 2.24) is 24.6 Å². The number of fused-ring (bicyclic) bond motifs is 1. The molecule has 2 aromatic heterocycles. The minimum absolute atomic E-state index is 0.126. The fraction of sp³-hybridized carbons (Fsp3) is 0.435. The molecule has 1 N–H and O–H groups in total. The van der Waals surface area contributed by atoms with Gasteiger partial charge in [-0.25, -0.2) is 8.78 Å². The summed E-state index contributed by atoms with van der Waals surface area (Å²) in [5, 5.41) is 9.32. The van der Waals surface area contributed by atoms with E-state index in [-0.39, 0.29) is 17.3 Å². The van der Waals surface area contributed by atoms with Crippen LogP contribution in [-0.4, -0.2) is 62.6 Å². The summed E-state index contributed by atoms with van der Waals surface area (Å²) in [7, 11) is 1.90. The normalized spacial score (nSPS) is 20.5. The van der Waals surface area contributed by atoms with Crippen LogP contribution in [0.2, 0.25) is 0 Å². The monoisotopic (exact) mass is 472 g/mol. The lowest BCUT2D eigenvalue weighted by Gasteiger charge is -2.27. The fourth-order valence-corrected chi connectivity index (χ4v) is 5.83. The number of anilines is 1. The highest BCUT2D eigenvalue weighted by Gasteiger charge is 2.42. The van der Waals surface area contributed by atoms with Crippen LogP contribution in [0.4, 0.5) is 14.5 Å². The number of rotatable bonds is 7. The number of hydrogen-bond acceptors (Lipinski definition) is 6. The van der Waals surface area contributed by atoms with Gasteiger partial charge in [0.1, 0.15) is 17.3 Å². The lowest BCUT2D eigenvalue weighted by atomic mass is 10.0. The largest absolute Gasteiger partial charge is 0.362 e. The number of nitrogens with one attached hydrogen (secondary N) is 1. The molecule has 0 amide bonds. The number of nitrogens with zero attached hydrogens (tertiary/aromatic N) is 5. The summed E-state index contributed by atoms with van der Waals surface area (Å²) in [5.74, 6) is 1.05. The third-order valence-corrected chi connectivity index (χ3v) is 7.67. The van der Waals surface area contributed by atoms with Gasteiger partial charge < -0.3 is 19.4 Å². The average Bonchev–Trinajstić information content (AvgIpc) is 3.46. The van der Waals surface area contributed by atoms with Gasteiger partial charge in [0.25, 0.3) is 0 Å². The number of aromatic amines is 1. The molecule has 10 heteroatoms. The van der Waals surface area contributed by atoms with E-state index in [4.69, 9.17) is 0 Å². The molecule has 2 atom stereocenters. The minimum atomic E-state index is -0.478. The first kappa shape index (κ1) is 22.1. The molecule has 0 bridgehead atoms. The fourth-order valence-electron chi connectivity index (χ4n) is 5.00.